The lowest BCUT2D eigenvalue weighted by molar-refractivity contribution is 0.496. The molecule has 1 aromatic rings. The lowest BCUT2D eigenvalue weighted by Gasteiger charge is -2.75. The van der Waals surface area contributed by atoms with Crippen molar-refractivity contribution in [2.24, 2.45) is 0 Å². The molecule has 0 aliphatic carbocycles. The molecule has 0 unspecified atom stereocenters. The van der Waals surface area contributed by atoms with Crippen molar-refractivity contribution in [1.82, 2.24) is 4.98 Å². The number of anilines is 1. The average Bonchev–Trinajstić information content (AvgIpc) is 2.90. The Morgan fingerprint density at radius 2 is 0.781 bits per heavy atom. The van der Waals surface area contributed by atoms with E-state index in [-0.39, 0.29) is 30.2 Å². The van der Waals surface area contributed by atoms with E-state index >= 15 is 0 Å². The van der Waals surface area contributed by atoms with E-state index in [0.29, 0.717) is 0 Å². The van der Waals surface area contributed by atoms with Gasteiger partial charge in [0.1, 0.15) is 5.82 Å². The predicted molar refractivity (Wildman–Crippen MR) is 154 cm³/mol. The fourth-order valence-corrected chi connectivity index (χ4v) is 36.9. The molecule has 0 N–H and O–H groups in total. The smallest absolute Gasteiger partial charge is 0.165 e. The highest BCUT2D eigenvalue weighted by Gasteiger charge is 2.74. The lowest BCUT2D eigenvalue weighted by Crippen LogP contribution is -2.83. The summed E-state index contributed by atoms with van der Waals surface area (Å²) in [5.74, 6) is 1.24. The molecule has 0 spiro atoms. The van der Waals surface area contributed by atoms with Gasteiger partial charge in [-0.05, 0) is 30.2 Å². The highest BCUT2D eigenvalue weighted by atomic mass is 32.1. The zero-order valence-corrected chi connectivity index (χ0v) is 27.8. The van der Waals surface area contributed by atoms with E-state index in [1.54, 1.807) is 11.3 Å². The van der Waals surface area contributed by atoms with Gasteiger partial charge < -0.3 is 4.23 Å². The van der Waals surface area contributed by atoms with Crippen LogP contribution >= 0.6 is 11.3 Å². The van der Waals surface area contributed by atoms with E-state index in [1.807, 2.05) is 0 Å². The van der Waals surface area contributed by atoms with Crippen molar-refractivity contribution in [1.29, 1.82) is 0 Å². The molecule has 1 rings (SSSR count). The van der Waals surface area contributed by atoms with Crippen LogP contribution in [0.5, 0.6) is 0 Å². The molecule has 0 saturated heterocycles. The Hall–Kier alpha value is -0.136. The van der Waals surface area contributed by atoms with Crippen molar-refractivity contribution in [3.05, 3.63) is 10.9 Å². The maximum absolute atomic E-state index is 5.14. The number of thiazole rings is 1. The second kappa shape index (κ2) is 8.22. The maximum Gasteiger partial charge on any atom is 0.165 e. The van der Waals surface area contributed by atoms with Gasteiger partial charge in [-0.15, -0.1) is 11.3 Å². The van der Waals surface area contributed by atoms with E-state index in [0.717, 1.165) is 0 Å². The summed E-state index contributed by atoms with van der Waals surface area (Å²) < 4.78 is 3.14. The Bertz CT molecular complexity index is 633. The minimum absolute atomic E-state index is 0.146. The molecule has 1 aromatic heterocycles. The highest BCUT2D eigenvalue weighted by molar-refractivity contribution is 7.11. The van der Waals surface area contributed by atoms with Crippen molar-refractivity contribution >= 4 is 33.6 Å². The van der Waals surface area contributed by atoms with E-state index < -0.39 is 16.5 Å². The Labute approximate surface area is 208 Å². The SMILES string of the molecule is CC(C)(C)[Si](N(c1cscn1)[Si](C(C)(C)C)(C(C)(C)C)C(C)(C)C)(C(C)(C)C)C(C)(C)C. The van der Waals surface area contributed by atoms with Crippen molar-refractivity contribution in [2.75, 3.05) is 4.23 Å². The number of nitrogens with zero attached hydrogens (tertiary/aromatic N) is 2. The van der Waals surface area contributed by atoms with Crippen molar-refractivity contribution in [3.63, 3.8) is 0 Å². The summed E-state index contributed by atoms with van der Waals surface area (Å²) in [6, 6.07) is 0. The standard InChI is InChI=1S/C27H56N2SSi2/c1-22(2,3)31(23(4,5)6,24(7,8)9)29(21-19-30-20-28-21)32(25(10,11)12,26(13,14)15)27(16,17)18/h19-20H,1-18H3. The largest absolute Gasteiger partial charge is 0.405 e. The molecular formula is C27H56N2SSi2. The summed E-state index contributed by atoms with van der Waals surface area (Å²) in [5, 5.41) is 3.23. The summed E-state index contributed by atoms with van der Waals surface area (Å²) in [6.45, 7) is 45.5. The first-order valence-electron chi connectivity index (χ1n) is 12.4. The molecule has 0 fully saturated rings. The van der Waals surface area contributed by atoms with Crippen LogP contribution in [0.25, 0.3) is 0 Å². The van der Waals surface area contributed by atoms with Crippen LogP contribution in [0.3, 0.4) is 0 Å². The minimum atomic E-state index is -2.36. The normalized spacial score (nSPS) is 15.8. The number of hydrogen-bond donors (Lipinski definition) is 0. The molecule has 0 aliphatic heterocycles. The van der Waals surface area contributed by atoms with Crippen LogP contribution in [0.1, 0.15) is 125 Å². The third-order valence-electron chi connectivity index (χ3n) is 7.83. The fraction of sp³-hybridized carbons (Fsp3) is 0.889. The Morgan fingerprint density at radius 1 is 0.531 bits per heavy atom. The maximum atomic E-state index is 5.14. The quantitative estimate of drug-likeness (QED) is 0.387. The van der Waals surface area contributed by atoms with Crippen LogP contribution in [0, 0.1) is 0 Å². The molecule has 2 nitrogen and oxygen atoms in total. The number of rotatable bonds is 3. The summed E-state index contributed by atoms with van der Waals surface area (Å²) in [7, 11) is -4.72. The van der Waals surface area contributed by atoms with Crippen LogP contribution in [-0.2, 0) is 0 Å². The van der Waals surface area contributed by atoms with Gasteiger partial charge in [0.05, 0.1) is 5.51 Å². The molecule has 0 saturated carbocycles. The van der Waals surface area contributed by atoms with Crippen LogP contribution in [0.4, 0.5) is 5.82 Å². The van der Waals surface area contributed by atoms with Gasteiger partial charge in [-0.25, -0.2) is 4.98 Å². The fourth-order valence-electron chi connectivity index (χ4n) is 9.67. The molecular weight excluding hydrogens is 441 g/mol. The predicted octanol–water partition coefficient (Wildman–Crippen LogP) is 10.6. The summed E-state index contributed by atoms with van der Waals surface area (Å²) >= 11 is 1.76. The molecule has 0 radical (unpaired) electrons. The molecule has 32 heavy (non-hydrogen) atoms. The van der Waals surface area contributed by atoms with Gasteiger partial charge in [-0.3, -0.25) is 0 Å². The zero-order valence-electron chi connectivity index (χ0n) is 25.0. The van der Waals surface area contributed by atoms with E-state index in [9.17, 15) is 0 Å². The first kappa shape index (κ1) is 29.9. The van der Waals surface area contributed by atoms with Gasteiger partial charge in [0, 0.05) is 5.38 Å². The van der Waals surface area contributed by atoms with Gasteiger partial charge in [0.25, 0.3) is 0 Å². The molecule has 1 heterocycles. The molecule has 188 valence electrons. The van der Waals surface area contributed by atoms with E-state index in [4.69, 9.17) is 4.98 Å². The van der Waals surface area contributed by atoms with Crippen LogP contribution in [-0.4, -0.2) is 21.5 Å². The second-order valence-corrected chi connectivity index (χ2v) is 30.0. The lowest BCUT2D eigenvalue weighted by atomic mass is 10.2. The molecule has 0 aromatic carbocycles. The molecule has 0 aliphatic rings. The van der Waals surface area contributed by atoms with Gasteiger partial charge in [0.2, 0.25) is 0 Å². The van der Waals surface area contributed by atoms with E-state index in [1.165, 1.54) is 5.82 Å². The highest BCUT2D eigenvalue weighted by Crippen LogP contribution is 2.72. The number of hydrogen-bond acceptors (Lipinski definition) is 3. The van der Waals surface area contributed by atoms with Crippen molar-refractivity contribution in [3.8, 4) is 0 Å². The van der Waals surface area contributed by atoms with Crippen molar-refractivity contribution in [2.45, 2.75) is 155 Å². The van der Waals surface area contributed by atoms with Crippen LogP contribution in [0.15, 0.2) is 10.9 Å². The van der Waals surface area contributed by atoms with Gasteiger partial charge in [-0.2, -0.15) is 0 Å². The molecule has 0 amide bonds. The monoisotopic (exact) mass is 496 g/mol. The topological polar surface area (TPSA) is 16.1 Å². The van der Waals surface area contributed by atoms with Gasteiger partial charge in [-0.1, -0.05) is 125 Å². The Balaban J connectivity index is 4.65. The summed E-state index contributed by atoms with van der Waals surface area (Å²) in [5.41, 5.74) is 2.06. The molecule has 0 bridgehead atoms. The van der Waals surface area contributed by atoms with E-state index in [2.05, 4.69) is 140 Å². The third kappa shape index (κ3) is 4.21. The first-order chi connectivity index (χ1) is 13.7. The van der Waals surface area contributed by atoms with Crippen molar-refractivity contribution < 1.29 is 0 Å². The summed E-state index contributed by atoms with van der Waals surface area (Å²) in [4.78, 5) is 5.14. The number of aromatic nitrogens is 1. The third-order valence-corrected chi connectivity index (χ3v) is 25.2. The Kier molecular flexibility index (Phi) is 7.68. The zero-order chi connectivity index (χ0) is 26.0. The first-order valence-corrected chi connectivity index (χ1v) is 17.2. The van der Waals surface area contributed by atoms with Gasteiger partial charge in [0.15, 0.2) is 16.5 Å². The molecule has 0 atom stereocenters. The summed E-state index contributed by atoms with van der Waals surface area (Å²) in [6.07, 6.45) is 0. The average molecular weight is 497 g/mol. The Morgan fingerprint density at radius 3 is 0.938 bits per heavy atom. The van der Waals surface area contributed by atoms with Gasteiger partial charge >= 0.3 is 0 Å². The van der Waals surface area contributed by atoms with Crippen LogP contribution in [0.2, 0.25) is 30.2 Å². The second-order valence-electron chi connectivity index (χ2n) is 16.1. The minimum Gasteiger partial charge on any atom is -0.405 e. The molecule has 5 heteroatoms. The van der Waals surface area contributed by atoms with Crippen LogP contribution < -0.4 is 4.23 Å².